The normalized spacial score (nSPS) is 11.8. The SMILES string of the molecule is CC(N)c1ccnnc1.Cl. The van der Waals surface area contributed by atoms with Crippen LogP contribution in [0.2, 0.25) is 0 Å². The Labute approximate surface area is 66.1 Å². The summed E-state index contributed by atoms with van der Waals surface area (Å²) in [4.78, 5) is 0. The average molecular weight is 160 g/mol. The zero-order valence-corrected chi connectivity index (χ0v) is 6.51. The predicted octanol–water partition coefficient (Wildman–Crippen LogP) is 0.918. The molecule has 56 valence electrons. The summed E-state index contributed by atoms with van der Waals surface area (Å²) in [5.74, 6) is 0. The highest BCUT2D eigenvalue weighted by molar-refractivity contribution is 5.85. The molecule has 0 aliphatic rings. The van der Waals surface area contributed by atoms with Gasteiger partial charge in [-0.2, -0.15) is 10.2 Å². The van der Waals surface area contributed by atoms with Gasteiger partial charge in [0.05, 0.1) is 6.20 Å². The van der Waals surface area contributed by atoms with Crippen molar-refractivity contribution >= 4 is 12.4 Å². The Morgan fingerprint density at radius 2 is 2.20 bits per heavy atom. The fourth-order valence-electron chi connectivity index (χ4n) is 0.570. The molecule has 1 rings (SSSR count). The Morgan fingerprint density at radius 1 is 1.50 bits per heavy atom. The van der Waals surface area contributed by atoms with Gasteiger partial charge in [0.25, 0.3) is 0 Å². The van der Waals surface area contributed by atoms with E-state index in [2.05, 4.69) is 10.2 Å². The van der Waals surface area contributed by atoms with Crippen molar-refractivity contribution in [2.45, 2.75) is 13.0 Å². The highest BCUT2D eigenvalue weighted by Gasteiger charge is 1.95. The Hall–Kier alpha value is -0.670. The summed E-state index contributed by atoms with van der Waals surface area (Å²) in [6.07, 6.45) is 3.31. The van der Waals surface area contributed by atoms with Crippen molar-refractivity contribution in [3.63, 3.8) is 0 Å². The molecule has 0 radical (unpaired) electrons. The third kappa shape index (κ3) is 2.29. The topological polar surface area (TPSA) is 51.8 Å². The molecule has 0 saturated heterocycles. The van der Waals surface area contributed by atoms with Crippen LogP contribution in [0.1, 0.15) is 18.5 Å². The lowest BCUT2D eigenvalue weighted by molar-refractivity contribution is 0.800. The zero-order valence-electron chi connectivity index (χ0n) is 5.69. The number of aromatic nitrogens is 2. The molecule has 0 amide bonds. The molecular weight excluding hydrogens is 150 g/mol. The van der Waals surface area contributed by atoms with E-state index in [0.717, 1.165) is 5.56 Å². The molecule has 0 saturated carbocycles. The second-order valence-electron chi connectivity index (χ2n) is 1.96. The van der Waals surface area contributed by atoms with Gasteiger partial charge in [-0.1, -0.05) is 0 Å². The Morgan fingerprint density at radius 3 is 2.50 bits per heavy atom. The van der Waals surface area contributed by atoms with Gasteiger partial charge in [0.2, 0.25) is 0 Å². The molecule has 0 aliphatic heterocycles. The summed E-state index contributed by atoms with van der Waals surface area (Å²) >= 11 is 0. The van der Waals surface area contributed by atoms with Crippen LogP contribution in [0.4, 0.5) is 0 Å². The first kappa shape index (κ1) is 9.33. The van der Waals surface area contributed by atoms with Crippen molar-refractivity contribution in [3.05, 3.63) is 24.0 Å². The number of hydrogen-bond acceptors (Lipinski definition) is 3. The van der Waals surface area contributed by atoms with Gasteiger partial charge in [0.15, 0.2) is 0 Å². The molecule has 2 N–H and O–H groups in total. The second-order valence-corrected chi connectivity index (χ2v) is 1.96. The molecule has 0 fully saturated rings. The average Bonchev–Trinajstić information content (AvgIpc) is 1.90. The molecule has 10 heavy (non-hydrogen) atoms. The van der Waals surface area contributed by atoms with Crippen LogP contribution >= 0.6 is 12.4 Å². The third-order valence-corrected chi connectivity index (χ3v) is 1.13. The minimum absolute atomic E-state index is 0. The fraction of sp³-hybridized carbons (Fsp3) is 0.333. The largest absolute Gasteiger partial charge is 0.324 e. The molecule has 1 atom stereocenters. The van der Waals surface area contributed by atoms with Gasteiger partial charge in [0.1, 0.15) is 0 Å². The quantitative estimate of drug-likeness (QED) is 0.663. The molecule has 1 aromatic rings. The minimum Gasteiger partial charge on any atom is -0.324 e. The van der Waals surface area contributed by atoms with Crippen LogP contribution in [0.15, 0.2) is 18.5 Å². The van der Waals surface area contributed by atoms with E-state index in [-0.39, 0.29) is 18.4 Å². The van der Waals surface area contributed by atoms with E-state index in [1.807, 2.05) is 13.0 Å². The zero-order chi connectivity index (χ0) is 6.69. The number of halogens is 1. The highest BCUT2D eigenvalue weighted by Crippen LogP contribution is 2.03. The Kier molecular flexibility index (Phi) is 3.91. The van der Waals surface area contributed by atoms with Crippen molar-refractivity contribution in [3.8, 4) is 0 Å². The molecule has 0 aromatic carbocycles. The van der Waals surface area contributed by atoms with E-state index >= 15 is 0 Å². The fourth-order valence-corrected chi connectivity index (χ4v) is 0.570. The van der Waals surface area contributed by atoms with Gasteiger partial charge in [-0.3, -0.25) is 0 Å². The van der Waals surface area contributed by atoms with Crippen LogP contribution in [0.3, 0.4) is 0 Å². The molecular formula is C6H10ClN3. The van der Waals surface area contributed by atoms with Gasteiger partial charge in [-0.15, -0.1) is 12.4 Å². The monoisotopic (exact) mass is 159 g/mol. The summed E-state index contributed by atoms with van der Waals surface area (Å²) in [5.41, 5.74) is 6.56. The Bertz CT molecular complexity index is 176. The van der Waals surface area contributed by atoms with E-state index < -0.39 is 0 Å². The van der Waals surface area contributed by atoms with E-state index in [9.17, 15) is 0 Å². The predicted molar refractivity (Wildman–Crippen MR) is 41.9 cm³/mol. The Balaban J connectivity index is 0.000000810. The highest BCUT2D eigenvalue weighted by atomic mass is 35.5. The second kappa shape index (κ2) is 4.19. The lowest BCUT2D eigenvalue weighted by Crippen LogP contribution is -2.04. The first-order valence-electron chi connectivity index (χ1n) is 2.83. The van der Waals surface area contributed by atoms with Gasteiger partial charge in [0, 0.05) is 12.2 Å². The summed E-state index contributed by atoms with van der Waals surface area (Å²) in [7, 11) is 0. The summed E-state index contributed by atoms with van der Waals surface area (Å²) in [6.45, 7) is 1.91. The summed E-state index contributed by atoms with van der Waals surface area (Å²) in [5, 5.41) is 7.30. The van der Waals surface area contributed by atoms with Crippen LogP contribution < -0.4 is 5.73 Å². The maximum atomic E-state index is 5.55. The van der Waals surface area contributed by atoms with Crippen molar-refractivity contribution < 1.29 is 0 Å². The van der Waals surface area contributed by atoms with Crippen LogP contribution in [0.25, 0.3) is 0 Å². The first-order chi connectivity index (χ1) is 4.30. The number of rotatable bonds is 1. The van der Waals surface area contributed by atoms with E-state index in [4.69, 9.17) is 5.73 Å². The molecule has 1 heterocycles. The van der Waals surface area contributed by atoms with E-state index in [1.54, 1.807) is 12.4 Å². The van der Waals surface area contributed by atoms with E-state index in [1.165, 1.54) is 0 Å². The van der Waals surface area contributed by atoms with Crippen molar-refractivity contribution in [2.75, 3.05) is 0 Å². The first-order valence-corrected chi connectivity index (χ1v) is 2.83. The van der Waals surface area contributed by atoms with Crippen LogP contribution in [-0.2, 0) is 0 Å². The maximum absolute atomic E-state index is 5.55. The van der Waals surface area contributed by atoms with Crippen molar-refractivity contribution in [1.82, 2.24) is 10.2 Å². The molecule has 3 nitrogen and oxygen atoms in total. The molecule has 1 aromatic heterocycles. The van der Waals surface area contributed by atoms with Crippen molar-refractivity contribution in [2.24, 2.45) is 5.73 Å². The number of nitrogens with zero attached hydrogens (tertiary/aromatic N) is 2. The summed E-state index contributed by atoms with van der Waals surface area (Å²) < 4.78 is 0. The molecule has 0 bridgehead atoms. The maximum Gasteiger partial charge on any atom is 0.0543 e. The molecule has 1 unspecified atom stereocenters. The lowest BCUT2D eigenvalue weighted by atomic mass is 10.2. The van der Waals surface area contributed by atoms with Gasteiger partial charge in [-0.25, -0.2) is 0 Å². The van der Waals surface area contributed by atoms with Crippen LogP contribution in [-0.4, -0.2) is 10.2 Å². The van der Waals surface area contributed by atoms with Gasteiger partial charge < -0.3 is 5.73 Å². The molecule has 0 spiro atoms. The number of hydrogen-bond donors (Lipinski definition) is 1. The third-order valence-electron chi connectivity index (χ3n) is 1.13. The van der Waals surface area contributed by atoms with Crippen LogP contribution in [0, 0.1) is 0 Å². The molecule has 4 heteroatoms. The standard InChI is InChI=1S/C6H9N3.ClH/c1-5(7)6-2-3-8-9-4-6;/h2-5H,7H2,1H3;1H. The molecule has 0 aliphatic carbocycles. The minimum atomic E-state index is 0. The lowest BCUT2D eigenvalue weighted by Gasteiger charge is -2.00. The summed E-state index contributed by atoms with van der Waals surface area (Å²) in [6, 6.07) is 1.91. The smallest absolute Gasteiger partial charge is 0.0543 e. The van der Waals surface area contributed by atoms with Gasteiger partial charge >= 0.3 is 0 Å². The number of nitrogens with two attached hydrogens (primary N) is 1. The van der Waals surface area contributed by atoms with Crippen molar-refractivity contribution in [1.29, 1.82) is 0 Å². The van der Waals surface area contributed by atoms with Crippen LogP contribution in [0.5, 0.6) is 0 Å². The van der Waals surface area contributed by atoms with E-state index in [0.29, 0.717) is 0 Å². The van der Waals surface area contributed by atoms with Gasteiger partial charge in [-0.05, 0) is 18.6 Å².